The molecule has 3 heteroatoms. The van der Waals surface area contributed by atoms with Gasteiger partial charge in [-0.15, -0.1) is 0 Å². The van der Waals surface area contributed by atoms with Crippen molar-refractivity contribution >= 4 is 0 Å². The van der Waals surface area contributed by atoms with Gasteiger partial charge in [-0.2, -0.15) is 0 Å². The van der Waals surface area contributed by atoms with Crippen molar-refractivity contribution in [3.05, 3.63) is 18.2 Å². The molecule has 0 unspecified atom stereocenters. The lowest BCUT2D eigenvalue weighted by Crippen LogP contribution is -2.15. The van der Waals surface area contributed by atoms with Crippen LogP contribution in [0.5, 0.6) is 0 Å². The van der Waals surface area contributed by atoms with Crippen molar-refractivity contribution in [2.24, 2.45) is 0 Å². The number of rotatable bonds is 0. The normalized spacial score (nSPS) is 17.3. The molecule has 1 aromatic rings. The summed E-state index contributed by atoms with van der Waals surface area (Å²) in [5.74, 6) is 1.08. The number of fused-ring (bicyclic) bond motifs is 1. The van der Waals surface area contributed by atoms with Crippen molar-refractivity contribution in [2.45, 2.75) is 13.2 Å². The van der Waals surface area contributed by atoms with Gasteiger partial charge in [0, 0.05) is 12.6 Å². The van der Waals surface area contributed by atoms with Crippen LogP contribution in [0.15, 0.2) is 6.20 Å². The fraction of sp³-hybridized carbons (Fsp3) is 0.500. The van der Waals surface area contributed by atoms with E-state index in [2.05, 4.69) is 11.2 Å². The highest BCUT2D eigenvalue weighted by Gasteiger charge is 2.07. The fourth-order valence-electron chi connectivity index (χ4n) is 0.949. The van der Waals surface area contributed by atoms with Crippen molar-refractivity contribution in [2.75, 3.05) is 6.61 Å². The lowest BCUT2D eigenvalue weighted by atomic mass is 10.4. The molecule has 0 amide bonds. The van der Waals surface area contributed by atoms with Crippen LogP contribution < -0.4 is 0 Å². The second kappa shape index (κ2) is 1.84. The van der Waals surface area contributed by atoms with Gasteiger partial charge in [0.1, 0.15) is 18.8 Å². The van der Waals surface area contributed by atoms with Gasteiger partial charge in [-0.25, -0.2) is 4.98 Å². The Balaban J connectivity index is 2.39. The number of aromatic nitrogens is 2. The molecule has 0 aliphatic carbocycles. The van der Waals surface area contributed by atoms with Gasteiger partial charge in [-0.3, -0.25) is 0 Å². The zero-order valence-corrected chi connectivity index (χ0v) is 5.00. The summed E-state index contributed by atoms with van der Waals surface area (Å²) in [6.07, 6.45) is 5.51. The first-order valence-electron chi connectivity index (χ1n) is 2.96. The van der Waals surface area contributed by atoms with Crippen LogP contribution in [0.2, 0.25) is 0 Å². The van der Waals surface area contributed by atoms with E-state index in [1.807, 2.05) is 10.8 Å². The molecule has 1 aliphatic heterocycles. The van der Waals surface area contributed by atoms with Crippen LogP contribution in [0.4, 0.5) is 0 Å². The molecule has 1 aromatic heterocycles. The summed E-state index contributed by atoms with van der Waals surface area (Å²) in [5, 5.41) is 0. The summed E-state index contributed by atoms with van der Waals surface area (Å²) in [4.78, 5) is 4.01. The van der Waals surface area contributed by atoms with Crippen LogP contribution in [-0.2, 0) is 17.9 Å². The minimum atomic E-state index is 0.645. The van der Waals surface area contributed by atoms with Crippen molar-refractivity contribution in [3.63, 3.8) is 0 Å². The third-order valence-corrected chi connectivity index (χ3v) is 1.44. The molecule has 0 bridgehead atoms. The van der Waals surface area contributed by atoms with Gasteiger partial charge in [0.15, 0.2) is 0 Å². The maximum atomic E-state index is 5.16. The van der Waals surface area contributed by atoms with E-state index in [1.54, 1.807) is 0 Å². The van der Waals surface area contributed by atoms with E-state index in [1.165, 1.54) is 0 Å². The molecule has 3 nitrogen and oxygen atoms in total. The Morgan fingerprint density at radius 2 is 2.78 bits per heavy atom. The molecule has 0 atom stereocenters. The average molecular weight is 123 g/mol. The van der Waals surface area contributed by atoms with Gasteiger partial charge in [-0.1, -0.05) is 0 Å². The number of imidazole rings is 1. The second-order valence-electron chi connectivity index (χ2n) is 2.04. The van der Waals surface area contributed by atoms with Gasteiger partial charge in [-0.05, 0) is 0 Å². The second-order valence-corrected chi connectivity index (χ2v) is 2.04. The fourth-order valence-corrected chi connectivity index (χ4v) is 0.949. The van der Waals surface area contributed by atoms with Crippen LogP contribution >= 0.6 is 0 Å². The number of hydrogen-bond donors (Lipinski definition) is 0. The summed E-state index contributed by atoms with van der Waals surface area (Å²) in [6, 6.07) is 0. The molecule has 0 saturated heterocycles. The third-order valence-electron chi connectivity index (χ3n) is 1.44. The minimum Gasteiger partial charge on any atom is -0.360 e. The van der Waals surface area contributed by atoms with E-state index >= 15 is 0 Å². The van der Waals surface area contributed by atoms with Crippen LogP contribution in [0.25, 0.3) is 0 Å². The van der Waals surface area contributed by atoms with Crippen molar-refractivity contribution < 1.29 is 4.74 Å². The van der Waals surface area contributed by atoms with E-state index in [4.69, 9.17) is 4.74 Å². The molecule has 2 heterocycles. The number of nitrogens with zero attached hydrogens (tertiary/aromatic N) is 2. The van der Waals surface area contributed by atoms with E-state index < -0.39 is 0 Å². The van der Waals surface area contributed by atoms with Gasteiger partial charge in [0.2, 0.25) is 0 Å². The Kier molecular flexibility index (Phi) is 1.02. The Morgan fingerprint density at radius 3 is 3.67 bits per heavy atom. The Labute approximate surface area is 53.3 Å². The van der Waals surface area contributed by atoms with Gasteiger partial charge in [0.05, 0.1) is 6.61 Å². The van der Waals surface area contributed by atoms with Crippen molar-refractivity contribution in [1.82, 2.24) is 9.55 Å². The molecule has 0 fully saturated rings. The van der Waals surface area contributed by atoms with Crippen LogP contribution in [0.3, 0.4) is 0 Å². The molecular formula is C6H7N2O. The molecular weight excluding hydrogens is 116 g/mol. The van der Waals surface area contributed by atoms with Gasteiger partial charge >= 0.3 is 0 Å². The monoisotopic (exact) mass is 123 g/mol. The number of hydrogen-bond acceptors (Lipinski definition) is 2. The summed E-state index contributed by atoms with van der Waals surface area (Å²) in [7, 11) is 0. The molecule has 0 N–H and O–H groups in total. The summed E-state index contributed by atoms with van der Waals surface area (Å²) < 4.78 is 7.12. The quantitative estimate of drug-likeness (QED) is 0.493. The molecule has 47 valence electrons. The van der Waals surface area contributed by atoms with Crippen LogP contribution in [-0.4, -0.2) is 16.2 Å². The maximum absolute atomic E-state index is 5.16. The van der Waals surface area contributed by atoms with E-state index in [-0.39, 0.29) is 0 Å². The largest absolute Gasteiger partial charge is 0.360 e. The van der Waals surface area contributed by atoms with Crippen LogP contribution in [0, 0.1) is 6.20 Å². The molecule has 0 aromatic carbocycles. The van der Waals surface area contributed by atoms with E-state index in [0.29, 0.717) is 6.73 Å². The highest BCUT2D eigenvalue weighted by Crippen LogP contribution is 2.04. The Morgan fingerprint density at radius 1 is 1.78 bits per heavy atom. The average Bonchev–Trinajstić information content (AvgIpc) is 2.33. The van der Waals surface area contributed by atoms with Crippen molar-refractivity contribution in [3.8, 4) is 0 Å². The first-order valence-corrected chi connectivity index (χ1v) is 2.96. The van der Waals surface area contributed by atoms with E-state index in [9.17, 15) is 0 Å². The van der Waals surface area contributed by atoms with E-state index in [0.717, 1.165) is 18.9 Å². The predicted octanol–water partition coefficient (Wildman–Crippen LogP) is 0.213. The van der Waals surface area contributed by atoms with Crippen LogP contribution in [0.1, 0.15) is 5.82 Å². The van der Waals surface area contributed by atoms with Gasteiger partial charge in [0.25, 0.3) is 0 Å². The molecule has 1 radical (unpaired) electrons. The summed E-state index contributed by atoms with van der Waals surface area (Å²) in [5.41, 5.74) is 0. The lowest BCUT2D eigenvalue weighted by molar-refractivity contribution is 0.0558. The first kappa shape index (κ1) is 4.99. The topological polar surface area (TPSA) is 27.1 Å². The Hall–Kier alpha value is -0.830. The molecule has 0 spiro atoms. The zero-order valence-electron chi connectivity index (χ0n) is 5.00. The minimum absolute atomic E-state index is 0.645. The predicted molar refractivity (Wildman–Crippen MR) is 30.7 cm³/mol. The Bertz CT molecular complexity index is 186. The smallest absolute Gasteiger partial charge is 0.124 e. The lowest BCUT2D eigenvalue weighted by Gasteiger charge is -2.13. The third kappa shape index (κ3) is 0.733. The van der Waals surface area contributed by atoms with Crippen molar-refractivity contribution in [1.29, 1.82) is 0 Å². The SMILES string of the molecule is [c]1cn2c(n1)CCOC2. The zero-order chi connectivity index (χ0) is 6.10. The standard InChI is InChI=1S/C6H7N2O/c1-4-9-5-8-3-2-7-6(1)8/h3H,1,4-5H2. The highest BCUT2D eigenvalue weighted by atomic mass is 16.5. The molecule has 0 saturated carbocycles. The molecule has 2 rings (SSSR count). The molecule has 9 heavy (non-hydrogen) atoms. The number of ether oxygens (including phenoxy) is 1. The first-order chi connectivity index (χ1) is 4.47. The summed E-state index contributed by atoms with van der Waals surface area (Å²) >= 11 is 0. The maximum Gasteiger partial charge on any atom is 0.124 e. The summed E-state index contributed by atoms with van der Waals surface area (Å²) in [6.45, 7) is 1.44. The van der Waals surface area contributed by atoms with Gasteiger partial charge < -0.3 is 9.30 Å². The molecule has 1 aliphatic rings. The highest BCUT2D eigenvalue weighted by molar-refractivity contribution is 4.91.